The monoisotopic (exact) mass is 459 g/mol. The molecule has 0 bridgehead atoms. The third-order valence-electron chi connectivity index (χ3n) is 6.07. The van der Waals surface area contributed by atoms with Crippen molar-refractivity contribution in [3.63, 3.8) is 0 Å². The van der Waals surface area contributed by atoms with Gasteiger partial charge in [-0.3, -0.25) is 9.59 Å². The minimum absolute atomic E-state index is 0.116. The molecule has 4 rings (SSSR count). The average molecular weight is 460 g/mol. The molecule has 1 fully saturated rings. The van der Waals surface area contributed by atoms with E-state index in [9.17, 15) is 14.7 Å². The number of carbonyl (C=O) groups is 2. The van der Waals surface area contributed by atoms with Crippen molar-refractivity contribution in [1.29, 1.82) is 0 Å². The van der Waals surface area contributed by atoms with E-state index in [0.29, 0.717) is 37.4 Å². The van der Waals surface area contributed by atoms with Gasteiger partial charge in [-0.2, -0.15) is 0 Å². The van der Waals surface area contributed by atoms with E-state index < -0.39 is 17.7 Å². The van der Waals surface area contributed by atoms with Crippen LogP contribution in [0.5, 0.6) is 5.75 Å². The number of ketones is 1. The number of imidazole rings is 1. The van der Waals surface area contributed by atoms with E-state index in [1.807, 2.05) is 74.0 Å². The minimum atomic E-state index is -0.682. The van der Waals surface area contributed by atoms with Crippen molar-refractivity contribution in [1.82, 2.24) is 14.5 Å². The quantitative estimate of drug-likeness (QED) is 0.306. The zero-order chi connectivity index (χ0) is 24.2. The third kappa shape index (κ3) is 4.59. The van der Waals surface area contributed by atoms with Crippen molar-refractivity contribution in [3.8, 4) is 5.75 Å². The fourth-order valence-corrected chi connectivity index (χ4v) is 4.35. The van der Waals surface area contributed by atoms with E-state index in [0.717, 1.165) is 16.7 Å². The molecule has 3 aromatic rings. The Labute approximate surface area is 199 Å². The molecular formula is C27H29N3O4. The summed E-state index contributed by atoms with van der Waals surface area (Å²) < 4.78 is 7.48. The maximum absolute atomic E-state index is 13.2. The van der Waals surface area contributed by atoms with Crippen molar-refractivity contribution >= 4 is 17.4 Å². The number of nitrogens with zero attached hydrogens (tertiary/aromatic N) is 3. The highest BCUT2D eigenvalue weighted by Crippen LogP contribution is 2.40. The Morgan fingerprint density at radius 2 is 1.85 bits per heavy atom. The van der Waals surface area contributed by atoms with Gasteiger partial charge in [0, 0.05) is 31.0 Å². The molecule has 1 aromatic heterocycles. The summed E-state index contributed by atoms with van der Waals surface area (Å²) in [6.07, 6.45) is 5.92. The van der Waals surface area contributed by atoms with Crippen molar-refractivity contribution in [2.75, 3.05) is 13.2 Å². The van der Waals surface area contributed by atoms with Gasteiger partial charge in [-0.15, -0.1) is 0 Å². The number of benzene rings is 2. The number of aromatic nitrogens is 2. The zero-order valence-electron chi connectivity index (χ0n) is 19.7. The number of aryl methyl sites for hydroxylation is 3. The topological polar surface area (TPSA) is 84.7 Å². The molecule has 1 aliphatic rings. The largest absolute Gasteiger partial charge is 0.507 e. The lowest BCUT2D eigenvalue weighted by molar-refractivity contribution is -0.139. The molecule has 2 aromatic carbocycles. The molecule has 0 aliphatic carbocycles. The first kappa shape index (κ1) is 23.3. The highest BCUT2D eigenvalue weighted by Gasteiger charge is 2.45. The highest BCUT2D eigenvalue weighted by atomic mass is 16.5. The van der Waals surface area contributed by atoms with Gasteiger partial charge in [0.05, 0.1) is 24.5 Å². The number of rotatable bonds is 8. The Balaban J connectivity index is 1.75. The Bertz CT molecular complexity index is 1210. The van der Waals surface area contributed by atoms with Gasteiger partial charge in [0.1, 0.15) is 11.5 Å². The van der Waals surface area contributed by atoms with Crippen molar-refractivity contribution in [2.45, 2.75) is 39.8 Å². The van der Waals surface area contributed by atoms with Gasteiger partial charge in [0.25, 0.3) is 11.7 Å². The van der Waals surface area contributed by atoms with E-state index in [2.05, 4.69) is 4.98 Å². The summed E-state index contributed by atoms with van der Waals surface area (Å²) in [6, 6.07) is 12.3. The van der Waals surface area contributed by atoms with Crippen molar-refractivity contribution in [3.05, 3.63) is 89.0 Å². The summed E-state index contributed by atoms with van der Waals surface area (Å²) in [5, 5.41) is 11.3. The van der Waals surface area contributed by atoms with Gasteiger partial charge in [-0.25, -0.2) is 4.98 Å². The maximum Gasteiger partial charge on any atom is 0.295 e. The summed E-state index contributed by atoms with van der Waals surface area (Å²) in [6.45, 7) is 7.28. The lowest BCUT2D eigenvalue weighted by Gasteiger charge is -2.25. The maximum atomic E-state index is 13.2. The first-order valence-corrected chi connectivity index (χ1v) is 11.4. The van der Waals surface area contributed by atoms with Gasteiger partial charge >= 0.3 is 0 Å². The SMILES string of the molecule is CCOc1ccc(C2C(=C(O)c3cc(C)ccc3C)C(=O)C(=O)N2CCCn2ccnc2)cc1. The smallest absolute Gasteiger partial charge is 0.295 e. The number of hydrogen-bond acceptors (Lipinski definition) is 5. The van der Waals surface area contributed by atoms with E-state index in [1.165, 1.54) is 0 Å². The second-order valence-corrected chi connectivity index (χ2v) is 8.47. The molecule has 0 spiro atoms. The predicted molar refractivity (Wildman–Crippen MR) is 129 cm³/mol. The second-order valence-electron chi connectivity index (χ2n) is 8.47. The van der Waals surface area contributed by atoms with Crippen LogP contribution in [0.25, 0.3) is 5.76 Å². The number of ether oxygens (including phenoxy) is 1. The van der Waals surface area contributed by atoms with Crippen LogP contribution < -0.4 is 4.74 Å². The fraction of sp³-hybridized carbons (Fsp3) is 0.296. The van der Waals surface area contributed by atoms with Crippen LogP contribution in [0.15, 0.2) is 66.8 Å². The number of Topliss-reactive ketones (excluding diaryl/α,β-unsaturated/α-hetero) is 1. The van der Waals surface area contributed by atoms with Crippen molar-refractivity contribution < 1.29 is 19.4 Å². The Morgan fingerprint density at radius 1 is 1.09 bits per heavy atom. The van der Waals surface area contributed by atoms with Gasteiger partial charge in [-0.1, -0.05) is 29.8 Å². The number of likely N-dealkylation sites (tertiary alicyclic amines) is 1. The lowest BCUT2D eigenvalue weighted by Crippen LogP contribution is -2.31. The van der Waals surface area contributed by atoms with Gasteiger partial charge in [0.15, 0.2) is 0 Å². The molecule has 7 heteroatoms. The van der Waals surface area contributed by atoms with Gasteiger partial charge in [-0.05, 0) is 56.5 Å². The molecule has 34 heavy (non-hydrogen) atoms. The van der Waals surface area contributed by atoms with Gasteiger partial charge in [0.2, 0.25) is 0 Å². The number of aliphatic hydroxyl groups excluding tert-OH is 1. The molecule has 1 amide bonds. The summed E-state index contributed by atoms with van der Waals surface area (Å²) in [5.74, 6) is -0.704. The van der Waals surface area contributed by atoms with E-state index in [-0.39, 0.29) is 11.3 Å². The van der Waals surface area contributed by atoms with Gasteiger partial charge < -0.3 is 19.3 Å². The summed E-state index contributed by atoms with van der Waals surface area (Å²) >= 11 is 0. The summed E-state index contributed by atoms with van der Waals surface area (Å²) in [7, 11) is 0. The van der Waals surface area contributed by atoms with Crippen LogP contribution in [-0.2, 0) is 16.1 Å². The molecule has 7 nitrogen and oxygen atoms in total. The van der Waals surface area contributed by atoms with Crippen LogP contribution in [0, 0.1) is 13.8 Å². The van der Waals surface area contributed by atoms with Crippen LogP contribution in [-0.4, -0.2) is 44.4 Å². The fourth-order valence-electron chi connectivity index (χ4n) is 4.35. The molecule has 2 heterocycles. The van der Waals surface area contributed by atoms with E-state index >= 15 is 0 Å². The van der Waals surface area contributed by atoms with E-state index in [1.54, 1.807) is 17.4 Å². The molecule has 0 radical (unpaired) electrons. The number of amides is 1. The normalized spacial score (nSPS) is 17.4. The second kappa shape index (κ2) is 9.95. The third-order valence-corrected chi connectivity index (χ3v) is 6.07. The molecule has 1 atom stereocenters. The first-order chi connectivity index (χ1) is 16.4. The average Bonchev–Trinajstić information content (AvgIpc) is 3.43. The zero-order valence-corrected chi connectivity index (χ0v) is 19.7. The first-order valence-electron chi connectivity index (χ1n) is 11.4. The predicted octanol–water partition coefficient (Wildman–Crippen LogP) is 4.41. The number of carbonyl (C=O) groups excluding carboxylic acids is 2. The van der Waals surface area contributed by atoms with E-state index in [4.69, 9.17) is 4.74 Å². The van der Waals surface area contributed by atoms with Crippen LogP contribution in [0.4, 0.5) is 0 Å². The molecule has 1 saturated heterocycles. The highest BCUT2D eigenvalue weighted by molar-refractivity contribution is 6.46. The standard InChI is InChI=1S/C27H29N3O4/c1-4-34-21-10-8-20(9-11-21)24-23(25(31)22-16-18(2)6-7-19(22)3)26(32)27(33)30(24)14-5-13-29-15-12-28-17-29/h6-12,15-17,24,31H,4-5,13-14H2,1-3H3. The lowest BCUT2D eigenvalue weighted by atomic mass is 9.93. The van der Waals surface area contributed by atoms with Crippen LogP contribution >= 0.6 is 0 Å². The van der Waals surface area contributed by atoms with Crippen molar-refractivity contribution in [2.24, 2.45) is 0 Å². The molecule has 176 valence electrons. The van der Waals surface area contributed by atoms with Crippen LogP contribution in [0.1, 0.15) is 41.6 Å². The molecule has 1 aliphatic heterocycles. The molecular weight excluding hydrogens is 430 g/mol. The Morgan fingerprint density at radius 3 is 2.53 bits per heavy atom. The summed E-state index contributed by atoms with van der Waals surface area (Å²) in [5.41, 5.74) is 3.22. The molecule has 1 unspecified atom stereocenters. The van der Waals surface area contributed by atoms with Crippen LogP contribution in [0.3, 0.4) is 0 Å². The minimum Gasteiger partial charge on any atom is -0.507 e. The van der Waals surface area contributed by atoms with Crippen LogP contribution in [0.2, 0.25) is 0 Å². The number of hydrogen-bond donors (Lipinski definition) is 1. The number of aliphatic hydroxyl groups is 1. The summed E-state index contributed by atoms with van der Waals surface area (Å²) in [4.78, 5) is 32.0. The molecule has 0 saturated carbocycles. The molecule has 1 N–H and O–H groups in total. The Hall–Kier alpha value is -3.87. The Kier molecular flexibility index (Phi) is 6.82.